The van der Waals surface area contributed by atoms with E-state index in [-0.39, 0.29) is 11.4 Å². The number of H-pyrrole nitrogens is 1. The fourth-order valence-electron chi connectivity index (χ4n) is 2.53. The minimum atomic E-state index is -0.510. The Balaban J connectivity index is 1.69. The summed E-state index contributed by atoms with van der Waals surface area (Å²) in [7, 11) is 0. The van der Waals surface area contributed by atoms with Crippen molar-refractivity contribution in [3.8, 4) is 0 Å². The number of hydrogen-bond donors (Lipinski definition) is 2. The van der Waals surface area contributed by atoms with Crippen LogP contribution in [0.1, 0.15) is 16.1 Å². The summed E-state index contributed by atoms with van der Waals surface area (Å²) in [5, 5.41) is 21.2. The van der Waals surface area contributed by atoms with Crippen molar-refractivity contribution in [2.45, 2.75) is 6.92 Å². The van der Waals surface area contributed by atoms with E-state index >= 15 is 0 Å². The van der Waals surface area contributed by atoms with Gasteiger partial charge >= 0.3 is 0 Å². The molecule has 4 rings (SSSR count). The van der Waals surface area contributed by atoms with Crippen LogP contribution < -0.4 is 5.32 Å². The Bertz CT molecular complexity index is 1150. The maximum absolute atomic E-state index is 12.5. The normalized spacial score (nSPS) is 11.1. The molecule has 1 amide bonds. The zero-order valence-electron chi connectivity index (χ0n) is 12.9. The van der Waals surface area contributed by atoms with Gasteiger partial charge in [0.2, 0.25) is 0 Å². The largest absolute Gasteiger partial charge is 0.296 e. The third-order valence-corrected chi connectivity index (χ3v) is 4.67. The topological polar surface area (TPSA) is 114 Å². The van der Waals surface area contributed by atoms with Crippen molar-refractivity contribution in [2.75, 3.05) is 5.32 Å². The lowest BCUT2D eigenvalue weighted by Crippen LogP contribution is -2.12. The number of aromatic amines is 1. The fraction of sp³-hybridized carbons (Fsp3) is 0.0625. The summed E-state index contributed by atoms with van der Waals surface area (Å²) in [5.74, 6) is -0.470. The fourth-order valence-corrected chi connectivity index (χ4v) is 3.49. The van der Waals surface area contributed by atoms with E-state index in [2.05, 4.69) is 20.5 Å². The summed E-state index contributed by atoms with van der Waals surface area (Å²) in [6.07, 6.45) is 0. The van der Waals surface area contributed by atoms with E-state index in [0.717, 1.165) is 15.8 Å². The molecule has 0 saturated heterocycles. The van der Waals surface area contributed by atoms with Gasteiger partial charge in [-0.25, -0.2) is 4.98 Å². The Hall–Kier alpha value is -3.33. The number of carbonyl (C=O) groups is 1. The van der Waals surface area contributed by atoms with Gasteiger partial charge in [-0.05, 0) is 30.7 Å². The number of aromatic nitrogens is 3. The second kappa shape index (κ2) is 5.64. The number of nitro benzene ring substituents is 1. The van der Waals surface area contributed by atoms with Crippen LogP contribution in [0, 0.1) is 17.0 Å². The van der Waals surface area contributed by atoms with E-state index in [9.17, 15) is 14.9 Å². The number of aryl methyl sites for hydroxylation is 1. The van der Waals surface area contributed by atoms with Gasteiger partial charge in [0, 0.05) is 17.5 Å². The summed E-state index contributed by atoms with van der Waals surface area (Å²) in [6.45, 7) is 1.99. The Morgan fingerprint density at radius 3 is 2.92 bits per heavy atom. The summed E-state index contributed by atoms with van der Waals surface area (Å²) < 4.78 is 0.970. The molecule has 2 heterocycles. The smallest absolute Gasteiger partial charge is 0.278 e. The van der Waals surface area contributed by atoms with E-state index in [1.54, 1.807) is 0 Å². The second-order valence-corrected chi connectivity index (χ2v) is 6.53. The third-order valence-electron chi connectivity index (χ3n) is 3.74. The van der Waals surface area contributed by atoms with Crippen molar-refractivity contribution in [3.63, 3.8) is 0 Å². The van der Waals surface area contributed by atoms with E-state index in [1.807, 2.05) is 25.1 Å². The van der Waals surface area contributed by atoms with Gasteiger partial charge in [0.05, 0.1) is 20.7 Å². The number of fused-ring (bicyclic) bond motifs is 2. The molecule has 0 spiro atoms. The maximum atomic E-state index is 12.5. The van der Waals surface area contributed by atoms with Crippen LogP contribution in [-0.2, 0) is 0 Å². The molecular formula is C16H11N5O3S. The first-order valence-corrected chi connectivity index (χ1v) is 8.14. The number of non-ortho nitro benzene ring substituents is 1. The number of nitro groups is 1. The molecule has 0 fully saturated rings. The monoisotopic (exact) mass is 353 g/mol. The summed E-state index contributed by atoms with van der Waals surface area (Å²) in [6, 6.07) is 10.1. The van der Waals surface area contributed by atoms with Crippen molar-refractivity contribution in [1.82, 2.24) is 15.2 Å². The predicted octanol–water partition coefficient (Wildman–Crippen LogP) is 3.64. The van der Waals surface area contributed by atoms with Crippen LogP contribution in [0.25, 0.3) is 21.1 Å². The molecule has 0 radical (unpaired) electrons. The first kappa shape index (κ1) is 15.2. The number of rotatable bonds is 3. The van der Waals surface area contributed by atoms with E-state index < -0.39 is 10.8 Å². The molecule has 124 valence electrons. The highest BCUT2D eigenvalue weighted by molar-refractivity contribution is 7.22. The lowest BCUT2D eigenvalue weighted by Gasteiger charge is -1.98. The molecule has 0 aliphatic carbocycles. The molecule has 2 aromatic heterocycles. The molecule has 8 nitrogen and oxygen atoms in total. The molecule has 0 aliphatic rings. The van der Waals surface area contributed by atoms with Gasteiger partial charge in [-0.1, -0.05) is 17.4 Å². The van der Waals surface area contributed by atoms with Crippen LogP contribution in [-0.4, -0.2) is 26.0 Å². The third kappa shape index (κ3) is 2.70. The molecule has 2 N–H and O–H groups in total. The van der Waals surface area contributed by atoms with Crippen molar-refractivity contribution in [2.24, 2.45) is 0 Å². The molecule has 0 atom stereocenters. The van der Waals surface area contributed by atoms with Crippen LogP contribution in [0.5, 0.6) is 0 Å². The molecule has 9 heteroatoms. The van der Waals surface area contributed by atoms with Crippen molar-refractivity contribution in [3.05, 3.63) is 57.8 Å². The number of amides is 1. The Kier molecular flexibility index (Phi) is 3.43. The summed E-state index contributed by atoms with van der Waals surface area (Å²) in [5.41, 5.74) is 2.45. The van der Waals surface area contributed by atoms with E-state index in [4.69, 9.17) is 0 Å². The first-order chi connectivity index (χ1) is 12.0. The van der Waals surface area contributed by atoms with Gasteiger partial charge < -0.3 is 0 Å². The van der Waals surface area contributed by atoms with Crippen molar-refractivity contribution < 1.29 is 9.72 Å². The Labute approximate surface area is 144 Å². The summed E-state index contributed by atoms with van der Waals surface area (Å²) in [4.78, 5) is 27.3. The maximum Gasteiger partial charge on any atom is 0.278 e. The van der Waals surface area contributed by atoms with E-state index in [1.165, 1.54) is 29.5 Å². The van der Waals surface area contributed by atoms with Crippen LogP contribution in [0.15, 0.2) is 36.4 Å². The first-order valence-electron chi connectivity index (χ1n) is 7.32. The number of nitrogens with zero attached hydrogens (tertiary/aromatic N) is 3. The molecule has 2 aromatic carbocycles. The lowest BCUT2D eigenvalue weighted by atomic mass is 10.2. The molecule has 0 aliphatic heterocycles. The van der Waals surface area contributed by atoms with Crippen LogP contribution in [0.3, 0.4) is 0 Å². The average Bonchev–Trinajstić information content (AvgIpc) is 3.16. The highest BCUT2D eigenvalue weighted by Crippen LogP contribution is 2.28. The SMILES string of the molecule is Cc1ccc2nc(NC(=O)c3n[nH]c4ccc([N+](=O)[O-])cc34)sc2c1. The minimum Gasteiger partial charge on any atom is -0.296 e. The lowest BCUT2D eigenvalue weighted by molar-refractivity contribution is -0.384. The molecule has 0 unspecified atom stereocenters. The van der Waals surface area contributed by atoms with Crippen LogP contribution in [0.4, 0.5) is 10.8 Å². The Morgan fingerprint density at radius 2 is 2.12 bits per heavy atom. The standard InChI is InChI=1S/C16H11N5O3S/c1-8-2-4-12-13(6-8)25-16(17-12)18-15(22)14-10-7-9(21(23)24)3-5-11(10)19-20-14/h2-7H,1H3,(H,19,20)(H,17,18,22). The quantitative estimate of drug-likeness (QED) is 0.431. The highest BCUT2D eigenvalue weighted by atomic mass is 32.1. The minimum absolute atomic E-state index is 0.0918. The number of anilines is 1. The van der Waals surface area contributed by atoms with Gasteiger partial charge in [0.1, 0.15) is 0 Å². The average molecular weight is 353 g/mol. The van der Waals surface area contributed by atoms with Gasteiger partial charge in [0.25, 0.3) is 11.6 Å². The Morgan fingerprint density at radius 1 is 1.28 bits per heavy atom. The molecule has 0 saturated carbocycles. The zero-order valence-corrected chi connectivity index (χ0v) is 13.8. The zero-order chi connectivity index (χ0) is 17.6. The van der Waals surface area contributed by atoms with E-state index in [0.29, 0.717) is 16.0 Å². The number of nitrogens with one attached hydrogen (secondary N) is 2. The molecule has 25 heavy (non-hydrogen) atoms. The van der Waals surface area contributed by atoms with Crippen LogP contribution in [0.2, 0.25) is 0 Å². The second-order valence-electron chi connectivity index (χ2n) is 5.50. The molecular weight excluding hydrogens is 342 g/mol. The molecule has 0 bridgehead atoms. The number of hydrogen-bond acceptors (Lipinski definition) is 6. The number of carbonyl (C=O) groups excluding carboxylic acids is 1. The number of thiazole rings is 1. The van der Waals surface area contributed by atoms with Crippen molar-refractivity contribution in [1.29, 1.82) is 0 Å². The van der Waals surface area contributed by atoms with Gasteiger partial charge in [0.15, 0.2) is 10.8 Å². The molecule has 4 aromatic rings. The van der Waals surface area contributed by atoms with Gasteiger partial charge in [-0.15, -0.1) is 0 Å². The highest BCUT2D eigenvalue weighted by Gasteiger charge is 2.18. The predicted molar refractivity (Wildman–Crippen MR) is 95.1 cm³/mol. The van der Waals surface area contributed by atoms with Gasteiger partial charge in [-0.3, -0.25) is 25.3 Å². The van der Waals surface area contributed by atoms with Crippen LogP contribution >= 0.6 is 11.3 Å². The number of benzene rings is 2. The van der Waals surface area contributed by atoms with Crippen molar-refractivity contribution >= 4 is 49.2 Å². The summed E-state index contributed by atoms with van der Waals surface area (Å²) >= 11 is 1.36. The van der Waals surface area contributed by atoms with Gasteiger partial charge in [-0.2, -0.15) is 5.10 Å².